The molecule has 0 spiro atoms. The van der Waals surface area contributed by atoms with Crippen LogP contribution in [0.5, 0.6) is 11.5 Å². The quantitative estimate of drug-likeness (QED) is 0.524. The summed E-state index contributed by atoms with van der Waals surface area (Å²) in [7, 11) is 3.25. The summed E-state index contributed by atoms with van der Waals surface area (Å²) < 4.78 is 10.8. The number of nitrogens with zero attached hydrogens (tertiary/aromatic N) is 1. The van der Waals surface area contributed by atoms with Gasteiger partial charge in [-0.15, -0.1) is 0 Å². The van der Waals surface area contributed by atoms with E-state index < -0.39 is 4.92 Å². The van der Waals surface area contributed by atoms with Crippen molar-refractivity contribution >= 4 is 17.5 Å². The molecular formula is C19H19ClN2O4. The molecule has 0 unspecified atom stereocenters. The number of non-ortho nitro benzene ring substituents is 1. The minimum absolute atomic E-state index is 0. The molecule has 0 saturated heterocycles. The first-order valence-electron chi connectivity index (χ1n) is 7.91. The number of nitro groups is 1. The molecule has 2 aromatic carbocycles. The lowest BCUT2D eigenvalue weighted by Gasteiger charge is -2.15. The molecule has 0 bridgehead atoms. The zero-order valence-electron chi connectivity index (χ0n) is 14.5. The van der Waals surface area contributed by atoms with E-state index in [-0.39, 0.29) is 18.1 Å². The van der Waals surface area contributed by atoms with Crippen LogP contribution in [0.3, 0.4) is 0 Å². The normalized spacial score (nSPS) is 12.8. The molecule has 136 valence electrons. The van der Waals surface area contributed by atoms with Crippen LogP contribution in [-0.4, -0.2) is 31.4 Å². The van der Waals surface area contributed by atoms with Crippen molar-refractivity contribution in [3.8, 4) is 11.5 Å². The fourth-order valence-corrected chi connectivity index (χ4v) is 2.84. The summed E-state index contributed by atoms with van der Waals surface area (Å²) in [5.41, 5.74) is 4.23. The van der Waals surface area contributed by atoms with E-state index >= 15 is 0 Å². The third-order valence-electron chi connectivity index (χ3n) is 4.16. The Bertz CT molecular complexity index is 861. The van der Waals surface area contributed by atoms with E-state index in [0.717, 1.165) is 35.6 Å². The Hall–Kier alpha value is -2.86. The van der Waals surface area contributed by atoms with Crippen molar-refractivity contribution in [3.05, 3.63) is 69.3 Å². The summed E-state index contributed by atoms with van der Waals surface area (Å²) in [4.78, 5) is 13.7. The zero-order valence-corrected chi connectivity index (χ0v) is 15.2. The molecule has 7 heteroatoms. The summed E-state index contributed by atoms with van der Waals surface area (Å²) in [6.45, 7) is 0.836. The van der Waals surface area contributed by atoms with Crippen molar-refractivity contribution < 1.29 is 31.8 Å². The average molecular weight is 375 g/mol. The lowest BCUT2D eigenvalue weighted by Crippen LogP contribution is -3.00. The molecule has 3 rings (SSSR count). The second kappa shape index (κ2) is 8.49. The van der Waals surface area contributed by atoms with Crippen molar-refractivity contribution in [2.24, 2.45) is 0 Å². The molecule has 1 heterocycles. The second-order valence-electron chi connectivity index (χ2n) is 5.64. The van der Waals surface area contributed by atoms with Gasteiger partial charge in [-0.05, 0) is 41.5 Å². The lowest BCUT2D eigenvalue weighted by molar-refractivity contribution is -0.456. The monoisotopic (exact) mass is 374 g/mol. The molecule has 0 aromatic heterocycles. The minimum atomic E-state index is -0.402. The van der Waals surface area contributed by atoms with E-state index in [4.69, 9.17) is 9.47 Å². The number of benzene rings is 2. The summed E-state index contributed by atoms with van der Waals surface area (Å²) in [6.07, 6.45) is 4.81. The first kappa shape index (κ1) is 19.5. The average Bonchev–Trinajstić information content (AvgIpc) is 2.65. The van der Waals surface area contributed by atoms with Crippen LogP contribution in [0, 0.1) is 10.1 Å². The van der Waals surface area contributed by atoms with Gasteiger partial charge >= 0.3 is 0 Å². The van der Waals surface area contributed by atoms with E-state index in [0.29, 0.717) is 5.75 Å². The van der Waals surface area contributed by atoms with Crippen LogP contribution < -0.4 is 26.9 Å². The summed E-state index contributed by atoms with van der Waals surface area (Å²) in [6, 6.07) is 10.4. The number of allylic oxidation sites excluding steroid dienone is 1. The van der Waals surface area contributed by atoms with Gasteiger partial charge in [0.25, 0.3) is 5.69 Å². The highest BCUT2D eigenvalue weighted by atomic mass is 35.5. The number of ether oxygens (including phenoxy) is 2. The van der Waals surface area contributed by atoms with Gasteiger partial charge in [0.2, 0.25) is 5.71 Å². The van der Waals surface area contributed by atoms with E-state index in [1.165, 1.54) is 17.7 Å². The molecule has 1 aliphatic rings. The number of nitrogens with one attached hydrogen (secondary N) is 1. The van der Waals surface area contributed by atoms with Gasteiger partial charge in [-0.2, -0.15) is 0 Å². The van der Waals surface area contributed by atoms with Gasteiger partial charge in [0, 0.05) is 24.6 Å². The molecule has 6 nitrogen and oxygen atoms in total. The largest absolute Gasteiger partial charge is 1.00 e. The van der Waals surface area contributed by atoms with Crippen LogP contribution >= 0.6 is 0 Å². The van der Waals surface area contributed by atoms with Crippen molar-refractivity contribution in [3.63, 3.8) is 0 Å². The SMILES string of the molecule is COc1cc2c(cc1OC)C(/C=C/c1ccc([N+](=O)[O-])cc1)=[NH+]CC2.[Cl-]. The van der Waals surface area contributed by atoms with Crippen molar-refractivity contribution in [1.29, 1.82) is 0 Å². The van der Waals surface area contributed by atoms with Crippen molar-refractivity contribution in [2.45, 2.75) is 6.42 Å². The summed E-state index contributed by atoms with van der Waals surface area (Å²) >= 11 is 0. The Kier molecular flexibility index (Phi) is 6.36. The molecule has 1 N–H and O–H groups in total. The molecule has 2 aromatic rings. The zero-order chi connectivity index (χ0) is 17.8. The van der Waals surface area contributed by atoms with Gasteiger partial charge < -0.3 is 21.9 Å². The minimum Gasteiger partial charge on any atom is -1.00 e. The highest BCUT2D eigenvalue weighted by molar-refractivity contribution is 6.08. The van der Waals surface area contributed by atoms with Gasteiger partial charge in [0.05, 0.1) is 24.7 Å². The van der Waals surface area contributed by atoms with Crippen LogP contribution in [-0.2, 0) is 6.42 Å². The Morgan fingerprint density at radius 2 is 1.73 bits per heavy atom. The smallest absolute Gasteiger partial charge is 0.269 e. The number of methoxy groups -OCH3 is 2. The van der Waals surface area contributed by atoms with Gasteiger partial charge in [-0.25, -0.2) is 4.99 Å². The van der Waals surface area contributed by atoms with Crippen LogP contribution in [0.4, 0.5) is 5.69 Å². The summed E-state index contributed by atoms with van der Waals surface area (Å²) in [5.74, 6) is 1.41. The Morgan fingerprint density at radius 1 is 1.08 bits per heavy atom. The Labute approximate surface area is 157 Å². The molecule has 1 aliphatic heterocycles. The predicted molar refractivity (Wildman–Crippen MR) is 95.3 cm³/mol. The number of hydrogen-bond donors (Lipinski definition) is 1. The Morgan fingerprint density at radius 3 is 2.35 bits per heavy atom. The third-order valence-corrected chi connectivity index (χ3v) is 4.16. The maximum atomic E-state index is 10.7. The van der Waals surface area contributed by atoms with Crippen LogP contribution in [0.15, 0.2) is 42.5 Å². The fourth-order valence-electron chi connectivity index (χ4n) is 2.84. The van der Waals surface area contributed by atoms with Gasteiger partial charge in [-0.1, -0.05) is 0 Å². The molecule has 0 aliphatic carbocycles. The standard InChI is InChI=1S/C19H18N2O4.ClH/c1-24-18-11-14-9-10-20-17(16(14)12-19(18)25-2)8-5-13-3-6-15(7-4-13)21(22)23;/h3-8,11-12H,9-10H2,1-2H3;1H/b8-5+;. The molecule has 0 amide bonds. The highest BCUT2D eigenvalue weighted by Gasteiger charge is 2.21. The molecule has 0 atom stereocenters. The Balaban J connectivity index is 0.00000243. The van der Waals surface area contributed by atoms with Gasteiger partial charge in [0.1, 0.15) is 6.54 Å². The predicted octanol–water partition coefficient (Wildman–Crippen LogP) is -1.24. The summed E-state index contributed by atoms with van der Waals surface area (Å²) in [5, 5.41) is 10.7. The third kappa shape index (κ3) is 4.03. The number of rotatable bonds is 5. The van der Waals surface area contributed by atoms with Crippen LogP contribution in [0.2, 0.25) is 0 Å². The van der Waals surface area contributed by atoms with Crippen molar-refractivity contribution in [2.75, 3.05) is 20.8 Å². The molecule has 0 saturated carbocycles. The first-order chi connectivity index (χ1) is 12.1. The number of halogens is 1. The van der Waals surface area contributed by atoms with Crippen molar-refractivity contribution in [1.82, 2.24) is 0 Å². The lowest BCUT2D eigenvalue weighted by atomic mass is 9.96. The maximum Gasteiger partial charge on any atom is 0.269 e. The molecule has 0 fully saturated rings. The van der Waals surface area contributed by atoms with E-state index in [2.05, 4.69) is 4.99 Å². The second-order valence-corrected chi connectivity index (χ2v) is 5.64. The molecule has 0 radical (unpaired) electrons. The van der Waals surface area contributed by atoms with Gasteiger partial charge in [-0.3, -0.25) is 10.1 Å². The fraction of sp³-hybridized carbons (Fsp3) is 0.211. The molecule has 26 heavy (non-hydrogen) atoms. The number of nitro benzene ring substituents is 1. The van der Waals surface area contributed by atoms with E-state index in [1.54, 1.807) is 26.4 Å². The van der Waals surface area contributed by atoms with E-state index in [1.807, 2.05) is 24.3 Å². The topological polar surface area (TPSA) is 75.6 Å². The highest BCUT2D eigenvalue weighted by Crippen LogP contribution is 2.31. The van der Waals surface area contributed by atoms with Gasteiger partial charge in [0.15, 0.2) is 11.5 Å². The maximum absolute atomic E-state index is 10.7. The first-order valence-corrected chi connectivity index (χ1v) is 7.91. The number of hydrogen-bond acceptors (Lipinski definition) is 4. The molecular weight excluding hydrogens is 356 g/mol. The number of fused-ring (bicyclic) bond motifs is 1. The van der Waals surface area contributed by atoms with Crippen LogP contribution in [0.25, 0.3) is 6.08 Å². The van der Waals surface area contributed by atoms with Crippen LogP contribution in [0.1, 0.15) is 16.7 Å². The van der Waals surface area contributed by atoms with E-state index in [9.17, 15) is 10.1 Å².